The molecule has 2 heterocycles. The molecule has 2 fully saturated rings. The Morgan fingerprint density at radius 1 is 1.20 bits per heavy atom. The Kier molecular flexibility index (Phi) is 5.64. The first-order chi connectivity index (χ1) is 9.66. The fourth-order valence-electron chi connectivity index (χ4n) is 3.09. The van der Waals surface area contributed by atoms with Gasteiger partial charge >= 0.3 is 12.0 Å². The quantitative estimate of drug-likeness (QED) is 0.746. The van der Waals surface area contributed by atoms with Crippen LogP contribution in [0.2, 0.25) is 0 Å². The highest BCUT2D eigenvalue weighted by molar-refractivity contribution is 5.74. The van der Waals surface area contributed by atoms with Gasteiger partial charge < -0.3 is 20.1 Å². The van der Waals surface area contributed by atoms with Crippen molar-refractivity contribution in [1.82, 2.24) is 10.2 Å². The van der Waals surface area contributed by atoms with Crippen LogP contribution in [0.15, 0.2) is 0 Å². The minimum Gasteiger partial charge on any atom is -0.481 e. The van der Waals surface area contributed by atoms with Crippen LogP contribution >= 0.6 is 0 Å². The normalized spacial score (nSPS) is 23.8. The van der Waals surface area contributed by atoms with E-state index in [0.29, 0.717) is 24.8 Å². The molecule has 114 valence electrons. The number of aliphatic carboxylic acids is 1. The molecule has 0 aromatic rings. The summed E-state index contributed by atoms with van der Waals surface area (Å²) < 4.78 is 5.38. The van der Waals surface area contributed by atoms with Crippen molar-refractivity contribution >= 4 is 12.0 Å². The third kappa shape index (κ3) is 4.37. The Morgan fingerprint density at radius 3 is 2.65 bits per heavy atom. The molecule has 1 atom stereocenters. The number of amides is 2. The van der Waals surface area contributed by atoms with E-state index in [0.717, 1.165) is 45.6 Å². The average molecular weight is 284 g/mol. The molecule has 0 aromatic carbocycles. The van der Waals surface area contributed by atoms with Crippen LogP contribution in [-0.2, 0) is 9.53 Å². The van der Waals surface area contributed by atoms with Gasteiger partial charge in [0.05, 0.1) is 0 Å². The monoisotopic (exact) mass is 284 g/mol. The van der Waals surface area contributed by atoms with Gasteiger partial charge in [-0.2, -0.15) is 0 Å². The second-order valence-corrected chi connectivity index (χ2v) is 5.67. The highest BCUT2D eigenvalue weighted by Gasteiger charge is 2.32. The molecule has 0 aliphatic carbocycles. The molecule has 0 bridgehead atoms. The van der Waals surface area contributed by atoms with Gasteiger partial charge in [0.25, 0.3) is 0 Å². The maximum absolute atomic E-state index is 12.0. The standard InChI is InChI=1S/C14H24N2O4/c17-13(18)2-1-6-15-14(19)16-7-3-12(10-16)11-4-8-20-9-5-11/h11-12H,1-10H2,(H,15,19)(H,17,18). The molecule has 2 aliphatic rings. The predicted molar refractivity (Wildman–Crippen MR) is 73.5 cm³/mol. The number of carboxylic acid groups (broad SMARTS) is 1. The van der Waals surface area contributed by atoms with Crippen LogP contribution < -0.4 is 5.32 Å². The Balaban J connectivity index is 1.66. The van der Waals surface area contributed by atoms with Crippen molar-refractivity contribution in [3.8, 4) is 0 Å². The van der Waals surface area contributed by atoms with Gasteiger partial charge in [-0.25, -0.2) is 4.79 Å². The number of carbonyl (C=O) groups is 2. The Labute approximate surface area is 119 Å². The van der Waals surface area contributed by atoms with E-state index in [9.17, 15) is 9.59 Å². The predicted octanol–water partition coefficient (Wildman–Crippen LogP) is 1.31. The Hall–Kier alpha value is -1.30. The lowest BCUT2D eigenvalue weighted by molar-refractivity contribution is -0.137. The number of hydrogen-bond acceptors (Lipinski definition) is 3. The van der Waals surface area contributed by atoms with Crippen LogP contribution in [0.5, 0.6) is 0 Å². The second-order valence-electron chi connectivity index (χ2n) is 5.67. The minimum atomic E-state index is -0.819. The van der Waals surface area contributed by atoms with E-state index in [1.807, 2.05) is 4.90 Å². The molecule has 0 aromatic heterocycles. The third-order valence-corrected chi connectivity index (χ3v) is 4.29. The first-order valence-electron chi connectivity index (χ1n) is 7.49. The molecule has 0 saturated carbocycles. The molecule has 2 rings (SSSR count). The van der Waals surface area contributed by atoms with Crippen molar-refractivity contribution in [3.05, 3.63) is 0 Å². The lowest BCUT2D eigenvalue weighted by Gasteiger charge is -2.27. The average Bonchev–Trinajstić information content (AvgIpc) is 2.94. The van der Waals surface area contributed by atoms with Gasteiger partial charge in [-0.1, -0.05) is 0 Å². The van der Waals surface area contributed by atoms with Crippen LogP contribution in [0.4, 0.5) is 4.79 Å². The number of likely N-dealkylation sites (tertiary alicyclic amines) is 1. The molecule has 2 N–H and O–H groups in total. The van der Waals surface area contributed by atoms with Gasteiger partial charge in [0.2, 0.25) is 0 Å². The maximum Gasteiger partial charge on any atom is 0.317 e. The van der Waals surface area contributed by atoms with Gasteiger partial charge in [-0.05, 0) is 37.5 Å². The minimum absolute atomic E-state index is 0.0510. The summed E-state index contributed by atoms with van der Waals surface area (Å²) in [5, 5.41) is 11.3. The fraction of sp³-hybridized carbons (Fsp3) is 0.857. The number of rotatable bonds is 5. The fourth-order valence-corrected chi connectivity index (χ4v) is 3.09. The largest absolute Gasteiger partial charge is 0.481 e. The molecule has 2 amide bonds. The van der Waals surface area contributed by atoms with E-state index in [1.165, 1.54) is 0 Å². The summed E-state index contributed by atoms with van der Waals surface area (Å²) in [4.78, 5) is 24.2. The van der Waals surface area contributed by atoms with Crippen molar-refractivity contribution in [2.24, 2.45) is 11.8 Å². The van der Waals surface area contributed by atoms with E-state index in [2.05, 4.69) is 5.32 Å². The highest BCUT2D eigenvalue weighted by atomic mass is 16.5. The zero-order valence-corrected chi connectivity index (χ0v) is 11.8. The van der Waals surface area contributed by atoms with Gasteiger partial charge in [0.15, 0.2) is 0 Å². The van der Waals surface area contributed by atoms with E-state index in [-0.39, 0.29) is 12.5 Å². The van der Waals surface area contributed by atoms with Crippen LogP contribution in [0.3, 0.4) is 0 Å². The zero-order chi connectivity index (χ0) is 14.4. The maximum atomic E-state index is 12.0. The zero-order valence-electron chi connectivity index (χ0n) is 11.8. The Bertz CT molecular complexity index is 342. The lowest BCUT2D eigenvalue weighted by Crippen LogP contribution is -2.39. The number of urea groups is 1. The van der Waals surface area contributed by atoms with Crippen molar-refractivity contribution in [2.75, 3.05) is 32.8 Å². The summed E-state index contributed by atoms with van der Waals surface area (Å²) in [5.74, 6) is 0.470. The number of ether oxygens (including phenoxy) is 1. The van der Waals surface area contributed by atoms with E-state index in [1.54, 1.807) is 0 Å². The molecule has 0 radical (unpaired) electrons. The van der Waals surface area contributed by atoms with Gasteiger partial charge in [0, 0.05) is 39.3 Å². The number of nitrogens with zero attached hydrogens (tertiary/aromatic N) is 1. The van der Waals surface area contributed by atoms with E-state index in [4.69, 9.17) is 9.84 Å². The molecule has 6 nitrogen and oxygen atoms in total. The third-order valence-electron chi connectivity index (χ3n) is 4.29. The number of carbonyl (C=O) groups excluding carboxylic acids is 1. The molecule has 2 saturated heterocycles. The summed E-state index contributed by atoms with van der Waals surface area (Å²) in [6, 6.07) is -0.0510. The van der Waals surface area contributed by atoms with Crippen molar-refractivity contribution < 1.29 is 19.4 Å². The summed E-state index contributed by atoms with van der Waals surface area (Å²) >= 11 is 0. The number of nitrogens with one attached hydrogen (secondary N) is 1. The van der Waals surface area contributed by atoms with Gasteiger partial charge in [0.1, 0.15) is 0 Å². The first kappa shape index (κ1) is 15.1. The molecular formula is C14H24N2O4. The highest BCUT2D eigenvalue weighted by Crippen LogP contribution is 2.30. The lowest BCUT2D eigenvalue weighted by atomic mass is 9.85. The molecular weight excluding hydrogens is 260 g/mol. The number of hydrogen-bond donors (Lipinski definition) is 2. The van der Waals surface area contributed by atoms with Gasteiger partial charge in [-0.3, -0.25) is 4.79 Å². The summed E-state index contributed by atoms with van der Waals surface area (Å²) in [7, 11) is 0. The summed E-state index contributed by atoms with van der Waals surface area (Å²) in [5.41, 5.74) is 0. The topological polar surface area (TPSA) is 78.9 Å². The van der Waals surface area contributed by atoms with Crippen LogP contribution in [-0.4, -0.2) is 54.9 Å². The SMILES string of the molecule is O=C(O)CCCNC(=O)N1CCC(C2CCOCC2)C1. The van der Waals surface area contributed by atoms with Crippen molar-refractivity contribution in [1.29, 1.82) is 0 Å². The molecule has 20 heavy (non-hydrogen) atoms. The van der Waals surface area contributed by atoms with Crippen molar-refractivity contribution in [3.63, 3.8) is 0 Å². The van der Waals surface area contributed by atoms with E-state index >= 15 is 0 Å². The first-order valence-corrected chi connectivity index (χ1v) is 7.49. The van der Waals surface area contributed by atoms with Crippen LogP contribution in [0.1, 0.15) is 32.1 Å². The second kappa shape index (κ2) is 7.47. The molecule has 1 unspecified atom stereocenters. The Morgan fingerprint density at radius 2 is 1.95 bits per heavy atom. The molecule has 6 heteroatoms. The van der Waals surface area contributed by atoms with Crippen molar-refractivity contribution in [2.45, 2.75) is 32.1 Å². The summed E-state index contributed by atoms with van der Waals surface area (Å²) in [6.45, 7) is 3.77. The van der Waals surface area contributed by atoms with Crippen LogP contribution in [0, 0.1) is 11.8 Å². The molecule has 0 spiro atoms. The van der Waals surface area contributed by atoms with E-state index < -0.39 is 5.97 Å². The van der Waals surface area contributed by atoms with Crippen LogP contribution in [0.25, 0.3) is 0 Å². The number of carboxylic acids is 1. The van der Waals surface area contributed by atoms with Gasteiger partial charge in [-0.15, -0.1) is 0 Å². The summed E-state index contributed by atoms with van der Waals surface area (Å²) in [6.07, 6.45) is 3.88. The molecule has 2 aliphatic heterocycles. The smallest absolute Gasteiger partial charge is 0.317 e.